The Balaban J connectivity index is 4.36. The molecule has 0 amide bonds. The molecule has 0 saturated heterocycles. The summed E-state index contributed by atoms with van der Waals surface area (Å²) in [5.41, 5.74) is 0. The molecule has 0 aliphatic carbocycles. The number of carbonyl (C=O) groups excluding carboxylic acids is 3. The second-order valence-corrected chi connectivity index (χ2v) is 16.1. The predicted molar refractivity (Wildman–Crippen MR) is 215 cm³/mol. The lowest BCUT2D eigenvalue weighted by Gasteiger charge is -2.18. The molecule has 51 heavy (non-hydrogen) atoms. The van der Waals surface area contributed by atoms with Crippen LogP contribution >= 0.6 is 0 Å². The lowest BCUT2D eigenvalue weighted by Crippen LogP contribution is -2.30. The first-order chi connectivity index (χ1) is 24.8. The van der Waals surface area contributed by atoms with Gasteiger partial charge in [-0.2, -0.15) is 0 Å². The van der Waals surface area contributed by atoms with Crippen molar-refractivity contribution >= 4 is 17.9 Å². The van der Waals surface area contributed by atoms with E-state index in [1.807, 2.05) is 0 Å². The van der Waals surface area contributed by atoms with Crippen molar-refractivity contribution in [3.05, 3.63) is 0 Å². The van der Waals surface area contributed by atoms with Gasteiger partial charge in [0.1, 0.15) is 13.2 Å². The Labute approximate surface area is 317 Å². The first kappa shape index (κ1) is 49.4. The molecule has 2 atom stereocenters. The van der Waals surface area contributed by atoms with Gasteiger partial charge in [-0.1, -0.05) is 202 Å². The Hall–Kier alpha value is -1.59. The molecule has 0 aliphatic rings. The highest BCUT2D eigenvalue weighted by atomic mass is 16.6. The molecule has 0 aromatic rings. The number of carbonyl (C=O) groups is 3. The molecule has 0 aliphatic heterocycles. The summed E-state index contributed by atoms with van der Waals surface area (Å²) >= 11 is 0. The Kier molecular flexibility index (Phi) is 37.0. The van der Waals surface area contributed by atoms with Crippen molar-refractivity contribution in [3.8, 4) is 0 Å². The minimum Gasteiger partial charge on any atom is -0.462 e. The molecule has 0 N–H and O–H groups in total. The number of esters is 3. The van der Waals surface area contributed by atoms with Gasteiger partial charge in [-0.05, 0) is 31.1 Å². The van der Waals surface area contributed by atoms with Gasteiger partial charge in [0.05, 0.1) is 0 Å². The smallest absolute Gasteiger partial charge is 0.306 e. The van der Waals surface area contributed by atoms with Crippen LogP contribution in [0, 0.1) is 11.8 Å². The number of hydrogen-bond donors (Lipinski definition) is 0. The van der Waals surface area contributed by atoms with Crippen LogP contribution in [-0.2, 0) is 28.6 Å². The van der Waals surface area contributed by atoms with Crippen LogP contribution in [-0.4, -0.2) is 37.2 Å². The van der Waals surface area contributed by atoms with E-state index >= 15 is 0 Å². The fourth-order valence-electron chi connectivity index (χ4n) is 6.54. The molecule has 0 aromatic heterocycles. The summed E-state index contributed by atoms with van der Waals surface area (Å²) in [7, 11) is 0. The van der Waals surface area contributed by atoms with Crippen LogP contribution in [0.2, 0.25) is 0 Å². The second-order valence-electron chi connectivity index (χ2n) is 16.1. The minimum atomic E-state index is -0.760. The maximum atomic E-state index is 12.7. The highest BCUT2D eigenvalue weighted by Crippen LogP contribution is 2.17. The van der Waals surface area contributed by atoms with Crippen LogP contribution in [0.5, 0.6) is 0 Å². The van der Waals surface area contributed by atoms with Crippen molar-refractivity contribution in [2.24, 2.45) is 11.8 Å². The average molecular weight is 723 g/mol. The number of unbranched alkanes of at least 4 members (excludes halogenated alkanes) is 23. The molecule has 0 fully saturated rings. The zero-order chi connectivity index (χ0) is 37.6. The van der Waals surface area contributed by atoms with Crippen molar-refractivity contribution in [2.75, 3.05) is 13.2 Å². The summed E-state index contributed by atoms with van der Waals surface area (Å²) < 4.78 is 16.7. The van der Waals surface area contributed by atoms with E-state index in [9.17, 15) is 14.4 Å². The van der Waals surface area contributed by atoms with Crippen molar-refractivity contribution in [1.29, 1.82) is 0 Å². The highest BCUT2D eigenvalue weighted by molar-refractivity contribution is 5.71. The van der Waals surface area contributed by atoms with Crippen LogP contribution in [0.1, 0.15) is 240 Å². The number of ether oxygens (including phenoxy) is 3. The van der Waals surface area contributed by atoms with E-state index in [-0.39, 0.29) is 31.1 Å². The number of rotatable bonds is 39. The predicted octanol–water partition coefficient (Wildman–Crippen LogP) is 13.8. The Morgan fingerprint density at radius 3 is 1.12 bits per heavy atom. The number of hydrogen-bond acceptors (Lipinski definition) is 6. The fourth-order valence-corrected chi connectivity index (χ4v) is 6.54. The van der Waals surface area contributed by atoms with E-state index in [1.165, 1.54) is 128 Å². The third-order valence-electron chi connectivity index (χ3n) is 10.3. The molecule has 0 radical (unpaired) electrons. The van der Waals surface area contributed by atoms with Gasteiger partial charge < -0.3 is 14.2 Å². The second kappa shape index (κ2) is 38.1. The van der Waals surface area contributed by atoms with E-state index in [1.54, 1.807) is 0 Å². The van der Waals surface area contributed by atoms with E-state index in [0.717, 1.165) is 69.6 Å². The van der Waals surface area contributed by atoms with Gasteiger partial charge in [0, 0.05) is 19.3 Å². The van der Waals surface area contributed by atoms with Gasteiger partial charge in [-0.3, -0.25) is 14.4 Å². The van der Waals surface area contributed by atoms with Crippen LogP contribution in [0.25, 0.3) is 0 Å². The third-order valence-corrected chi connectivity index (χ3v) is 10.3. The average Bonchev–Trinajstić information content (AvgIpc) is 3.11. The van der Waals surface area contributed by atoms with Gasteiger partial charge in [-0.25, -0.2) is 0 Å². The molecule has 0 spiro atoms. The van der Waals surface area contributed by atoms with Crippen LogP contribution in [0.15, 0.2) is 0 Å². The van der Waals surface area contributed by atoms with Gasteiger partial charge in [0.25, 0.3) is 0 Å². The lowest BCUT2D eigenvalue weighted by molar-refractivity contribution is -0.167. The Bertz CT molecular complexity index is 781. The van der Waals surface area contributed by atoms with Crippen LogP contribution < -0.4 is 0 Å². The summed E-state index contributed by atoms with van der Waals surface area (Å²) in [5, 5.41) is 0. The van der Waals surface area contributed by atoms with Crippen molar-refractivity contribution in [1.82, 2.24) is 0 Å². The first-order valence-electron chi connectivity index (χ1n) is 22.3. The lowest BCUT2D eigenvalue weighted by atomic mass is 10.00. The van der Waals surface area contributed by atoms with Gasteiger partial charge >= 0.3 is 17.9 Å². The van der Waals surface area contributed by atoms with Crippen molar-refractivity contribution in [3.63, 3.8) is 0 Å². The first-order valence-corrected chi connectivity index (χ1v) is 22.3. The summed E-state index contributed by atoms with van der Waals surface area (Å²) in [6, 6.07) is 0. The summed E-state index contributed by atoms with van der Waals surface area (Å²) in [6.07, 6.45) is 35.2. The molecular formula is C45H86O6. The van der Waals surface area contributed by atoms with E-state index < -0.39 is 6.10 Å². The van der Waals surface area contributed by atoms with Crippen LogP contribution in [0.3, 0.4) is 0 Å². The molecule has 0 rings (SSSR count). The molecule has 302 valence electrons. The van der Waals surface area contributed by atoms with Crippen LogP contribution in [0.4, 0.5) is 0 Å². The zero-order valence-corrected chi connectivity index (χ0v) is 34.7. The largest absolute Gasteiger partial charge is 0.462 e. The van der Waals surface area contributed by atoms with E-state index in [2.05, 4.69) is 34.6 Å². The zero-order valence-electron chi connectivity index (χ0n) is 34.7. The SMILES string of the molecule is CCCCCCCCCCCCCC(=O)OC[C@H](COC(=O)CCCCCCCCC(C)CC)OC(=O)CCCCCCCCCCCC(C)C. The Morgan fingerprint density at radius 2 is 0.745 bits per heavy atom. The topological polar surface area (TPSA) is 78.9 Å². The van der Waals surface area contributed by atoms with Gasteiger partial charge in [0.15, 0.2) is 6.10 Å². The summed E-state index contributed by atoms with van der Waals surface area (Å²) in [4.78, 5) is 37.6. The molecule has 0 aromatic carbocycles. The molecule has 6 nitrogen and oxygen atoms in total. The monoisotopic (exact) mass is 723 g/mol. The van der Waals surface area contributed by atoms with Crippen molar-refractivity contribution in [2.45, 2.75) is 246 Å². The molecule has 6 heteroatoms. The summed E-state index contributed by atoms with van der Waals surface area (Å²) in [5.74, 6) is 0.757. The molecule has 0 heterocycles. The third kappa shape index (κ3) is 38.0. The molecule has 1 unspecified atom stereocenters. The quantitative estimate of drug-likeness (QED) is 0.0357. The molecule has 0 bridgehead atoms. The molecular weight excluding hydrogens is 636 g/mol. The van der Waals surface area contributed by atoms with E-state index in [4.69, 9.17) is 14.2 Å². The van der Waals surface area contributed by atoms with Gasteiger partial charge in [-0.15, -0.1) is 0 Å². The Morgan fingerprint density at radius 1 is 0.412 bits per heavy atom. The van der Waals surface area contributed by atoms with Crippen molar-refractivity contribution < 1.29 is 28.6 Å². The van der Waals surface area contributed by atoms with E-state index in [0.29, 0.717) is 19.3 Å². The fraction of sp³-hybridized carbons (Fsp3) is 0.933. The normalized spacial score (nSPS) is 12.6. The standard InChI is InChI=1S/C45H86O6/c1-6-8-9-10-11-12-13-16-19-25-30-35-43(46)49-38-42(39-50-44(47)36-31-26-22-21-24-29-34-41(5)7-2)51-45(48)37-32-27-20-17-14-15-18-23-28-33-40(3)4/h40-42H,6-39H2,1-5H3/t41?,42-/m1/s1. The minimum absolute atomic E-state index is 0.0658. The molecule has 0 saturated carbocycles. The highest BCUT2D eigenvalue weighted by Gasteiger charge is 2.19. The summed E-state index contributed by atoms with van der Waals surface area (Å²) in [6.45, 7) is 11.3. The maximum Gasteiger partial charge on any atom is 0.306 e. The maximum absolute atomic E-state index is 12.7. The van der Waals surface area contributed by atoms with Gasteiger partial charge in [0.2, 0.25) is 0 Å².